The molecule has 0 saturated carbocycles. The molecule has 2 atom stereocenters. The number of ether oxygens (including phenoxy) is 1. The first-order valence-electron chi connectivity index (χ1n) is 4.29. The Kier molecular flexibility index (Phi) is 2.02. The first-order valence-corrected chi connectivity index (χ1v) is 4.29. The van der Waals surface area contributed by atoms with Crippen LogP contribution >= 0.6 is 0 Å². The lowest BCUT2D eigenvalue weighted by Crippen LogP contribution is -2.41. The second-order valence-corrected chi connectivity index (χ2v) is 3.25. The average molecular weight is 194 g/mol. The molecule has 1 aromatic rings. The number of cyclic esters (lactones) is 1. The van der Waals surface area contributed by atoms with E-state index in [0.717, 1.165) is 0 Å². The minimum absolute atomic E-state index is 0.162. The monoisotopic (exact) mass is 194 g/mol. The normalized spacial score (nSPS) is 31.6. The van der Waals surface area contributed by atoms with Crippen LogP contribution in [0.15, 0.2) is 30.3 Å². The van der Waals surface area contributed by atoms with Crippen molar-refractivity contribution in [2.45, 2.75) is 11.7 Å². The van der Waals surface area contributed by atoms with Crippen LogP contribution < -0.4 is 0 Å². The van der Waals surface area contributed by atoms with E-state index in [1.807, 2.05) is 0 Å². The van der Waals surface area contributed by atoms with Gasteiger partial charge in [-0.2, -0.15) is 0 Å². The summed E-state index contributed by atoms with van der Waals surface area (Å²) in [5.74, 6) is -0.795. The van der Waals surface area contributed by atoms with Gasteiger partial charge < -0.3 is 14.9 Å². The first-order chi connectivity index (χ1) is 6.65. The van der Waals surface area contributed by atoms with Gasteiger partial charge in [0.15, 0.2) is 0 Å². The predicted molar refractivity (Wildman–Crippen MR) is 47.3 cm³/mol. The maximum Gasteiger partial charge on any atom is 0.345 e. The quantitative estimate of drug-likeness (QED) is 0.607. The maximum atomic E-state index is 11.3. The average Bonchev–Trinajstić information content (AvgIpc) is 2.49. The van der Waals surface area contributed by atoms with Crippen molar-refractivity contribution in [3.8, 4) is 0 Å². The van der Waals surface area contributed by atoms with Crippen LogP contribution in [0.2, 0.25) is 0 Å². The summed E-state index contributed by atoms with van der Waals surface area (Å²) in [6.07, 6.45) is -1.20. The van der Waals surface area contributed by atoms with Gasteiger partial charge in [0.1, 0.15) is 12.7 Å². The van der Waals surface area contributed by atoms with E-state index in [1.165, 1.54) is 0 Å². The van der Waals surface area contributed by atoms with E-state index in [2.05, 4.69) is 4.74 Å². The van der Waals surface area contributed by atoms with Gasteiger partial charge in [-0.25, -0.2) is 4.79 Å². The molecule has 1 heterocycles. The van der Waals surface area contributed by atoms with E-state index in [-0.39, 0.29) is 6.61 Å². The number of hydrogen-bond donors (Lipinski definition) is 2. The van der Waals surface area contributed by atoms with Crippen molar-refractivity contribution in [1.29, 1.82) is 0 Å². The number of carbonyl (C=O) groups excluding carboxylic acids is 1. The molecule has 4 heteroatoms. The Morgan fingerprint density at radius 3 is 2.50 bits per heavy atom. The molecule has 14 heavy (non-hydrogen) atoms. The highest BCUT2D eigenvalue weighted by molar-refractivity contribution is 5.83. The molecule has 0 amide bonds. The molecule has 2 rings (SSSR count). The minimum Gasteiger partial charge on any atom is -0.460 e. The van der Waals surface area contributed by atoms with Gasteiger partial charge in [-0.3, -0.25) is 0 Å². The Hall–Kier alpha value is -1.39. The van der Waals surface area contributed by atoms with Crippen LogP contribution in [0.5, 0.6) is 0 Å². The van der Waals surface area contributed by atoms with Gasteiger partial charge in [-0.05, 0) is 5.56 Å². The zero-order valence-corrected chi connectivity index (χ0v) is 7.38. The lowest BCUT2D eigenvalue weighted by atomic mass is 9.90. The van der Waals surface area contributed by atoms with Crippen LogP contribution in [-0.4, -0.2) is 28.9 Å². The van der Waals surface area contributed by atoms with Gasteiger partial charge >= 0.3 is 5.97 Å². The van der Waals surface area contributed by atoms with Gasteiger partial charge in [0.25, 0.3) is 0 Å². The van der Waals surface area contributed by atoms with E-state index in [9.17, 15) is 15.0 Å². The fraction of sp³-hybridized carbons (Fsp3) is 0.300. The maximum absolute atomic E-state index is 11.3. The standard InChI is InChI=1S/C10H10O4/c11-8-6-14-9(12)10(8,13)7-4-2-1-3-5-7/h1-5,8,11,13H,6H2/t8-,10-/m1/s1. The molecule has 4 nitrogen and oxygen atoms in total. The van der Waals surface area contributed by atoms with Crippen molar-refractivity contribution in [3.63, 3.8) is 0 Å². The highest BCUT2D eigenvalue weighted by Gasteiger charge is 2.52. The lowest BCUT2D eigenvalue weighted by molar-refractivity contribution is -0.157. The van der Waals surface area contributed by atoms with E-state index in [4.69, 9.17) is 0 Å². The third kappa shape index (κ3) is 1.12. The Morgan fingerprint density at radius 2 is 2.00 bits per heavy atom. The van der Waals surface area contributed by atoms with Crippen LogP contribution in [0.25, 0.3) is 0 Å². The Morgan fingerprint density at radius 1 is 1.36 bits per heavy atom. The molecule has 1 fully saturated rings. The minimum atomic E-state index is -1.90. The second kappa shape index (κ2) is 3.08. The van der Waals surface area contributed by atoms with Gasteiger partial charge in [0.2, 0.25) is 5.60 Å². The number of benzene rings is 1. The SMILES string of the molecule is O=C1OC[C@@H](O)[C@]1(O)c1ccccc1. The summed E-state index contributed by atoms with van der Waals surface area (Å²) in [6, 6.07) is 8.29. The summed E-state index contributed by atoms with van der Waals surface area (Å²) >= 11 is 0. The topological polar surface area (TPSA) is 66.8 Å². The highest BCUT2D eigenvalue weighted by atomic mass is 16.6. The molecule has 1 saturated heterocycles. The van der Waals surface area contributed by atoms with Crippen LogP contribution in [0.3, 0.4) is 0 Å². The van der Waals surface area contributed by atoms with E-state index < -0.39 is 17.7 Å². The molecule has 0 unspecified atom stereocenters. The fourth-order valence-corrected chi connectivity index (χ4v) is 1.52. The molecule has 2 N–H and O–H groups in total. The van der Waals surface area contributed by atoms with Crippen molar-refractivity contribution in [3.05, 3.63) is 35.9 Å². The van der Waals surface area contributed by atoms with Crippen LogP contribution in [0, 0.1) is 0 Å². The first kappa shape index (κ1) is 9.18. The Bertz CT molecular complexity index is 348. The smallest absolute Gasteiger partial charge is 0.345 e. The predicted octanol–water partition coefficient (Wildman–Crippen LogP) is -0.208. The zero-order valence-electron chi connectivity index (χ0n) is 7.38. The Labute approximate surface area is 80.7 Å². The molecule has 1 aliphatic heterocycles. The molecule has 0 spiro atoms. The summed E-state index contributed by atoms with van der Waals surface area (Å²) in [6.45, 7) is -0.162. The van der Waals surface area contributed by atoms with Gasteiger partial charge in [-0.15, -0.1) is 0 Å². The molecule has 0 aromatic heterocycles. The van der Waals surface area contributed by atoms with E-state index in [0.29, 0.717) is 5.56 Å². The third-order valence-corrected chi connectivity index (χ3v) is 2.38. The van der Waals surface area contributed by atoms with Crippen molar-refractivity contribution in [2.24, 2.45) is 0 Å². The fourth-order valence-electron chi connectivity index (χ4n) is 1.52. The van der Waals surface area contributed by atoms with Crippen molar-refractivity contribution in [2.75, 3.05) is 6.61 Å². The third-order valence-electron chi connectivity index (χ3n) is 2.38. The second-order valence-electron chi connectivity index (χ2n) is 3.25. The molecule has 0 bridgehead atoms. The number of aliphatic hydroxyl groups excluding tert-OH is 1. The molecular weight excluding hydrogens is 184 g/mol. The largest absolute Gasteiger partial charge is 0.460 e. The Balaban J connectivity index is 2.46. The number of hydrogen-bond acceptors (Lipinski definition) is 4. The summed E-state index contributed by atoms with van der Waals surface area (Å²) in [4.78, 5) is 11.3. The summed E-state index contributed by atoms with van der Waals surface area (Å²) in [7, 11) is 0. The van der Waals surface area contributed by atoms with Crippen LogP contribution in [0.1, 0.15) is 5.56 Å². The molecule has 74 valence electrons. The lowest BCUT2D eigenvalue weighted by Gasteiger charge is -2.21. The van der Waals surface area contributed by atoms with Gasteiger partial charge in [-0.1, -0.05) is 30.3 Å². The van der Waals surface area contributed by atoms with Crippen molar-refractivity contribution in [1.82, 2.24) is 0 Å². The molecule has 0 radical (unpaired) electrons. The number of aliphatic hydroxyl groups is 2. The summed E-state index contributed by atoms with van der Waals surface area (Å²) < 4.78 is 4.60. The number of rotatable bonds is 1. The highest BCUT2D eigenvalue weighted by Crippen LogP contribution is 2.31. The number of carbonyl (C=O) groups is 1. The summed E-state index contributed by atoms with van der Waals surface area (Å²) in [5.41, 5.74) is -1.55. The van der Waals surface area contributed by atoms with Crippen LogP contribution in [0.4, 0.5) is 0 Å². The molecule has 1 aromatic carbocycles. The zero-order chi connectivity index (χ0) is 10.2. The van der Waals surface area contributed by atoms with Crippen molar-refractivity contribution < 1.29 is 19.7 Å². The summed E-state index contributed by atoms with van der Waals surface area (Å²) in [5, 5.41) is 19.5. The number of esters is 1. The van der Waals surface area contributed by atoms with E-state index in [1.54, 1.807) is 30.3 Å². The molecule has 0 aliphatic carbocycles. The van der Waals surface area contributed by atoms with E-state index >= 15 is 0 Å². The van der Waals surface area contributed by atoms with Crippen molar-refractivity contribution >= 4 is 5.97 Å². The molecule has 1 aliphatic rings. The molecular formula is C10H10O4. The van der Waals surface area contributed by atoms with Gasteiger partial charge in [0.05, 0.1) is 0 Å². The van der Waals surface area contributed by atoms with Gasteiger partial charge in [0, 0.05) is 0 Å². The van der Waals surface area contributed by atoms with Crippen LogP contribution in [-0.2, 0) is 15.1 Å².